The van der Waals surface area contributed by atoms with Crippen LogP contribution in [0.4, 0.5) is 14.6 Å². The Bertz CT molecular complexity index is 846. The molecule has 0 bridgehead atoms. The molecule has 2 aromatic heterocycles. The zero-order valence-electron chi connectivity index (χ0n) is 15.4. The van der Waals surface area contributed by atoms with Crippen molar-refractivity contribution in [1.82, 2.24) is 19.9 Å². The van der Waals surface area contributed by atoms with Crippen LogP contribution in [0.3, 0.4) is 0 Å². The van der Waals surface area contributed by atoms with E-state index in [9.17, 15) is 13.6 Å². The summed E-state index contributed by atoms with van der Waals surface area (Å²) in [4.78, 5) is 25.7. The number of halogens is 2. The molecule has 28 heavy (non-hydrogen) atoms. The number of anilines is 1. The number of thiazole rings is 1. The van der Waals surface area contributed by atoms with E-state index in [0.29, 0.717) is 48.5 Å². The van der Waals surface area contributed by atoms with E-state index in [1.807, 2.05) is 12.3 Å². The van der Waals surface area contributed by atoms with Crippen molar-refractivity contribution in [2.24, 2.45) is 0 Å². The molecule has 0 atom stereocenters. The number of rotatable bonds is 6. The standard InChI is InChI=1S/C18H21F2N5O2S/c1-11-9-28-17(21-11)16-23-14(22-12-2-4-18(19,20)5-3-12)6-15(24-16)27-13-7-25(8-13)10-26/h6,9-10,12-13H,2-5,7-8H2,1H3,(H,22,23,24). The number of alkyl halides is 2. The molecule has 0 unspecified atom stereocenters. The van der Waals surface area contributed by atoms with E-state index in [-0.39, 0.29) is 25.0 Å². The molecular weight excluding hydrogens is 388 g/mol. The maximum Gasteiger partial charge on any atom is 0.248 e. The molecule has 0 spiro atoms. The average Bonchev–Trinajstić information content (AvgIpc) is 3.06. The number of nitrogens with one attached hydrogen (secondary N) is 1. The van der Waals surface area contributed by atoms with Gasteiger partial charge in [-0.1, -0.05) is 0 Å². The molecule has 7 nitrogen and oxygen atoms in total. The molecule has 1 N–H and O–H groups in total. The fourth-order valence-corrected chi connectivity index (χ4v) is 4.03. The normalized spacial score (nSPS) is 19.9. The lowest BCUT2D eigenvalue weighted by atomic mass is 9.92. The molecule has 0 radical (unpaired) electrons. The number of aryl methyl sites for hydroxylation is 1. The van der Waals surface area contributed by atoms with Gasteiger partial charge >= 0.3 is 0 Å². The van der Waals surface area contributed by atoms with E-state index >= 15 is 0 Å². The number of likely N-dealkylation sites (tertiary alicyclic amines) is 1. The van der Waals surface area contributed by atoms with Gasteiger partial charge < -0.3 is 15.0 Å². The third-order valence-corrected chi connectivity index (χ3v) is 5.85. The molecule has 1 aliphatic carbocycles. The van der Waals surface area contributed by atoms with Crippen molar-refractivity contribution in [3.63, 3.8) is 0 Å². The number of amides is 1. The second-order valence-electron chi connectivity index (χ2n) is 7.28. The number of ether oxygens (including phenoxy) is 1. The fraction of sp³-hybridized carbons (Fsp3) is 0.556. The number of aromatic nitrogens is 3. The molecule has 150 valence electrons. The van der Waals surface area contributed by atoms with Crippen LogP contribution in [0.25, 0.3) is 10.8 Å². The predicted molar refractivity (Wildman–Crippen MR) is 101 cm³/mol. The van der Waals surface area contributed by atoms with Crippen LogP contribution < -0.4 is 10.1 Å². The molecule has 2 aromatic rings. The topological polar surface area (TPSA) is 80.2 Å². The van der Waals surface area contributed by atoms with E-state index in [2.05, 4.69) is 20.3 Å². The maximum absolute atomic E-state index is 13.4. The second kappa shape index (κ2) is 7.57. The van der Waals surface area contributed by atoms with Crippen LogP contribution in [0.2, 0.25) is 0 Å². The van der Waals surface area contributed by atoms with E-state index in [4.69, 9.17) is 4.74 Å². The summed E-state index contributed by atoms with van der Waals surface area (Å²) < 4.78 is 32.7. The second-order valence-corrected chi connectivity index (χ2v) is 8.14. The minimum absolute atomic E-state index is 0.0671. The lowest BCUT2D eigenvalue weighted by Crippen LogP contribution is -2.52. The van der Waals surface area contributed by atoms with Gasteiger partial charge in [0, 0.05) is 36.0 Å². The van der Waals surface area contributed by atoms with E-state index in [1.165, 1.54) is 11.3 Å². The molecule has 0 aromatic carbocycles. The zero-order chi connectivity index (χ0) is 19.7. The number of nitrogens with zero attached hydrogens (tertiary/aromatic N) is 4. The van der Waals surface area contributed by atoms with Crippen LogP contribution in [0.1, 0.15) is 31.4 Å². The van der Waals surface area contributed by atoms with Gasteiger partial charge in [0.05, 0.1) is 13.1 Å². The quantitative estimate of drug-likeness (QED) is 0.739. The monoisotopic (exact) mass is 409 g/mol. The van der Waals surface area contributed by atoms with Crippen molar-refractivity contribution in [1.29, 1.82) is 0 Å². The van der Waals surface area contributed by atoms with Crippen LogP contribution >= 0.6 is 11.3 Å². The molecule has 1 saturated heterocycles. The van der Waals surface area contributed by atoms with Gasteiger partial charge in [-0.25, -0.2) is 18.7 Å². The highest BCUT2D eigenvalue weighted by atomic mass is 32.1. The fourth-order valence-electron chi connectivity index (χ4n) is 3.31. The van der Waals surface area contributed by atoms with Gasteiger partial charge in [-0.3, -0.25) is 4.79 Å². The van der Waals surface area contributed by atoms with Gasteiger partial charge in [-0.15, -0.1) is 11.3 Å². The Morgan fingerprint density at radius 3 is 2.68 bits per heavy atom. The van der Waals surface area contributed by atoms with E-state index in [0.717, 1.165) is 12.1 Å². The molecular formula is C18H21F2N5O2S. The minimum atomic E-state index is -2.57. The smallest absolute Gasteiger partial charge is 0.248 e. The average molecular weight is 409 g/mol. The summed E-state index contributed by atoms with van der Waals surface area (Å²) in [7, 11) is 0. The van der Waals surface area contributed by atoms with Crippen molar-refractivity contribution < 1.29 is 18.3 Å². The lowest BCUT2D eigenvalue weighted by Gasteiger charge is -2.35. The van der Waals surface area contributed by atoms with Gasteiger partial charge in [0.1, 0.15) is 11.9 Å². The Morgan fingerprint density at radius 1 is 1.29 bits per heavy atom. The van der Waals surface area contributed by atoms with Crippen molar-refractivity contribution in [3.05, 3.63) is 17.1 Å². The number of hydrogen-bond donors (Lipinski definition) is 1. The van der Waals surface area contributed by atoms with Gasteiger partial charge in [-0.2, -0.15) is 4.98 Å². The summed E-state index contributed by atoms with van der Waals surface area (Å²) in [6.07, 6.45) is 1.19. The van der Waals surface area contributed by atoms with Crippen molar-refractivity contribution in [3.8, 4) is 16.7 Å². The summed E-state index contributed by atoms with van der Waals surface area (Å²) in [5, 5.41) is 5.83. The Kier molecular flexibility index (Phi) is 5.13. The van der Waals surface area contributed by atoms with Crippen LogP contribution in [-0.2, 0) is 4.79 Å². The molecule has 2 fully saturated rings. The SMILES string of the molecule is Cc1csc(-c2nc(NC3CCC(F)(F)CC3)cc(OC3CN(C=O)C3)n2)n1. The zero-order valence-corrected chi connectivity index (χ0v) is 16.2. The van der Waals surface area contributed by atoms with Crippen LogP contribution in [-0.4, -0.2) is 57.4 Å². The number of carbonyl (C=O) groups excluding carboxylic acids is 1. The molecule has 1 saturated carbocycles. The predicted octanol–water partition coefficient (Wildman–Crippen LogP) is 3.12. The summed E-state index contributed by atoms with van der Waals surface area (Å²) in [6, 6.07) is 1.61. The molecule has 10 heteroatoms. The number of hydrogen-bond acceptors (Lipinski definition) is 7. The summed E-state index contributed by atoms with van der Waals surface area (Å²) in [5.41, 5.74) is 0.875. The molecule has 1 amide bonds. The van der Waals surface area contributed by atoms with E-state index < -0.39 is 5.92 Å². The molecule has 4 rings (SSSR count). The highest BCUT2D eigenvalue weighted by Gasteiger charge is 2.35. The first kappa shape index (κ1) is 19.0. The summed E-state index contributed by atoms with van der Waals surface area (Å²) in [5.74, 6) is -1.21. The third kappa shape index (κ3) is 4.37. The van der Waals surface area contributed by atoms with E-state index in [1.54, 1.807) is 11.0 Å². The Hall–Kier alpha value is -2.36. The largest absolute Gasteiger partial charge is 0.470 e. The minimum Gasteiger partial charge on any atom is -0.470 e. The van der Waals surface area contributed by atoms with Crippen LogP contribution in [0.15, 0.2) is 11.4 Å². The van der Waals surface area contributed by atoms with Gasteiger partial charge in [-0.05, 0) is 19.8 Å². The van der Waals surface area contributed by atoms with Crippen molar-refractivity contribution >= 4 is 23.6 Å². The maximum atomic E-state index is 13.4. The third-order valence-electron chi connectivity index (χ3n) is 4.89. The molecule has 2 aliphatic rings. The van der Waals surface area contributed by atoms with Gasteiger partial charge in [0.15, 0.2) is 10.8 Å². The highest BCUT2D eigenvalue weighted by Crippen LogP contribution is 2.34. The summed E-state index contributed by atoms with van der Waals surface area (Å²) >= 11 is 1.44. The summed E-state index contributed by atoms with van der Waals surface area (Å²) in [6.45, 7) is 2.92. The Labute approximate surface area is 165 Å². The highest BCUT2D eigenvalue weighted by molar-refractivity contribution is 7.13. The lowest BCUT2D eigenvalue weighted by molar-refractivity contribution is -0.126. The Balaban J connectivity index is 1.52. The van der Waals surface area contributed by atoms with Crippen LogP contribution in [0.5, 0.6) is 5.88 Å². The van der Waals surface area contributed by atoms with Crippen molar-refractivity contribution in [2.75, 3.05) is 18.4 Å². The number of carbonyl (C=O) groups is 1. The molecule has 1 aliphatic heterocycles. The van der Waals surface area contributed by atoms with Crippen molar-refractivity contribution in [2.45, 2.75) is 50.7 Å². The Morgan fingerprint density at radius 2 is 2.04 bits per heavy atom. The van der Waals surface area contributed by atoms with Gasteiger partial charge in [0.25, 0.3) is 0 Å². The first-order chi connectivity index (χ1) is 13.4. The first-order valence-corrected chi connectivity index (χ1v) is 10.1. The first-order valence-electron chi connectivity index (χ1n) is 9.22. The van der Waals surface area contributed by atoms with Gasteiger partial charge in [0.2, 0.25) is 18.2 Å². The van der Waals surface area contributed by atoms with Crippen LogP contribution in [0, 0.1) is 6.92 Å². The molecule has 3 heterocycles.